The van der Waals surface area contributed by atoms with E-state index in [0.717, 1.165) is 5.92 Å². The van der Waals surface area contributed by atoms with E-state index in [1.807, 2.05) is 0 Å². The first-order chi connectivity index (χ1) is 8.69. The molecule has 2 aliphatic heterocycles. The first-order valence-electron chi connectivity index (χ1n) is 7.56. The highest BCUT2D eigenvalue weighted by Gasteiger charge is 2.23. The van der Waals surface area contributed by atoms with Crippen molar-refractivity contribution < 1.29 is 0 Å². The third kappa shape index (κ3) is 3.92. The molecular weight excluding hydrogens is 224 g/mol. The van der Waals surface area contributed by atoms with Gasteiger partial charge in [0.25, 0.3) is 0 Å². The van der Waals surface area contributed by atoms with Crippen LogP contribution in [-0.2, 0) is 0 Å². The number of likely N-dealkylation sites (tertiary alicyclic amines) is 1. The van der Waals surface area contributed by atoms with Crippen molar-refractivity contribution in [2.45, 2.75) is 19.8 Å². The van der Waals surface area contributed by atoms with Crippen LogP contribution in [0.1, 0.15) is 19.8 Å². The molecule has 4 nitrogen and oxygen atoms in total. The molecule has 2 heterocycles. The second kappa shape index (κ2) is 6.85. The Labute approximate surface area is 112 Å². The van der Waals surface area contributed by atoms with Crippen LogP contribution >= 0.6 is 0 Å². The van der Waals surface area contributed by atoms with Gasteiger partial charge in [0.05, 0.1) is 0 Å². The van der Waals surface area contributed by atoms with Crippen LogP contribution in [0.25, 0.3) is 0 Å². The van der Waals surface area contributed by atoms with Crippen LogP contribution < -0.4 is 0 Å². The fraction of sp³-hybridized carbons (Fsp3) is 1.00. The van der Waals surface area contributed by atoms with Gasteiger partial charge in [0.15, 0.2) is 0 Å². The standard InChI is InChI=1S/C14H30N4/c1-4-16-7-5-14(6-8-16)13-17-9-11-18(12-10-17)15(2)3/h14H,4-13H2,1-3H3. The van der Waals surface area contributed by atoms with Gasteiger partial charge in [-0.05, 0) is 38.4 Å². The van der Waals surface area contributed by atoms with Crippen LogP contribution in [0.4, 0.5) is 0 Å². The van der Waals surface area contributed by atoms with Gasteiger partial charge in [0, 0.05) is 46.8 Å². The Morgan fingerprint density at radius 3 is 2.00 bits per heavy atom. The molecule has 106 valence electrons. The molecule has 0 spiro atoms. The average Bonchev–Trinajstić information content (AvgIpc) is 2.40. The summed E-state index contributed by atoms with van der Waals surface area (Å²) in [5.74, 6) is 0.943. The molecule has 0 aromatic carbocycles. The molecule has 0 unspecified atom stereocenters. The van der Waals surface area contributed by atoms with E-state index in [0.29, 0.717) is 0 Å². The van der Waals surface area contributed by atoms with E-state index < -0.39 is 0 Å². The molecule has 4 heteroatoms. The van der Waals surface area contributed by atoms with E-state index in [9.17, 15) is 0 Å². The lowest BCUT2D eigenvalue weighted by molar-refractivity contribution is -0.0236. The largest absolute Gasteiger partial charge is 0.304 e. The molecule has 0 atom stereocenters. The predicted molar refractivity (Wildman–Crippen MR) is 76.5 cm³/mol. The van der Waals surface area contributed by atoms with Crippen molar-refractivity contribution in [1.82, 2.24) is 19.8 Å². The molecule has 2 rings (SSSR count). The van der Waals surface area contributed by atoms with Crippen molar-refractivity contribution in [1.29, 1.82) is 0 Å². The van der Waals surface area contributed by atoms with Crippen LogP contribution in [0.5, 0.6) is 0 Å². The van der Waals surface area contributed by atoms with E-state index in [1.54, 1.807) is 0 Å². The normalized spacial score (nSPS) is 26.0. The quantitative estimate of drug-likeness (QED) is 0.736. The second-order valence-electron chi connectivity index (χ2n) is 5.98. The van der Waals surface area contributed by atoms with E-state index in [-0.39, 0.29) is 0 Å². The maximum absolute atomic E-state index is 2.67. The molecule has 2 aliphatic rings. The molecule has 2 fully saturated rings. The smallest absolute Gasteiger partial charge is 0.0261 e. The van der Waals surface area contributed by atoms with Crippen molar-refractivity contribution in [3.63, 3.8) is 0 Å². The molecule has 0 aliphatic carbocycles. The Hall–Kier alpha value is -0.160. The summed E-state index contributed by atoms with van der Waals surface area (Å²) >= 11 is 0. The summed E-state index contributed by atoms with van der Waals surface area (Å²) in [6.07, 6.45) is 2.81. The summed E-state index contributed by atoms with van der Waals surface area (Å²) in [6.45, 7) is 12.4. The minimum Gasteiger partial charge on any atom is -0.304 e. The van der Waals surface area contributed by atoms with Crippen molar-refractivity contribution in [3.05, 3.63) is 0 Å². The maximum Gasteiger partial charge on any atom is 0.0261 e. The molecule has 18 heavy (non-hydrogen) atoms. The molecule has 0 amide bonds. The minimum atomic E-state index is 0.943. The van der Waals surface area contributed by atoms with Gasteiger partial charge in [0.1, 0.15) is 0 Å². The van der Waals surface area contributed by atoms with Gasteiger partial charge >= 0.3 is 0 Å². The summed E-state index contributed by atoms with van der Waals surface area (Å²) in [5, 5.41) is 4.67. The zero-order chi connectivity index (χ0) is 13.0. The molecule has 0 radical (unpaired) electrons. The highest BCUT2D eigenvalue weighted by Crippen LogP contribution is 2.18. The average molecular weight is 254 g/mol. The molecular formula is C14H30N4. The lowest BCUT2D eigenvalue weighted by atomic mass is 9.96. The summed E-state index contributed by atoms with van der Waals surface area (Å²) in [4.78, 5) is 5.26. The molecule has 0 saturated carbocycles. The summed E-state index contributed by atoms with van der Waals surface area (Å²) in [5.41, 5.74) is 0. The lowest BCUT2D eigenvalue weighted by Crippen LogP contribution is -2.52. The first kappa shape index (κ1) is 14.3. The molecule has 2 saturated heterocycles. The van der Waals surface area contributed by atoms with Gasteiger partial charge in [-0.1, -0.05) is 6.92 Å². The van der Waals surface area contributed by atoms with Crippen LogP contribution in [-0.4, -0.2) is 86.3 Å². The number of hydrogen-bond acceptors (Lipinski definition) is 4. The highest BCUT2D eigenvalue weighted by atomic mass is 15.6. The Bertz CT molecular complexity index is 228. The first-order valence-corrected chi connectivity index (χ1v) is 7.56. The molecule has 0 aromatic heterocycles. The molecule has 0 N–H and O–H groups in total. The Balaban J connectivity index is 1.66. The monoisotopic (exact) mass is 254 g/mol. The summed E-state index contributed by atoms with van der Waals surface area (Å²) in [6, 6.07) is 0. The van der Waals surface area contributed by atoms with E-state index in [1.165, 1.54) is 65.2 Å². The van der Waals surface area contributed by atoms with Crippen LogP contribution in [0, 0.1) is 5.92 Å². The third-order valence-electron chi connectivity index (χ3n) is 4.59. The molecule has 0 aromatic rings. The fourth-order valence-corrected chi connectivity index (χ4v) is 3.17. The van der Waals surface area contributed by atoms with E-state index in [4.69, 9.17) is 0 Å². The van der Waals surface area contributed by atoms with Crippen LogP contribution in [0.15, 0.2) is 0 Å². The minimum absolute atomic E-state index is 0.943. The number of piperazine rings is 1. The topological polar surface area (TPSA) is 13.0 Å². The van der Waals surface area contributed by atoms with Gasteiger partial charge in [-0.15, -0.1) is 0 Å². The van der Waals surface area contributed by atoms with Gasteiger partial charge in [0.2, 0.25) is 0 Å². The summed E-state index contributed by atoms with van der Waals surface area (Å²) in [7, 11) is 4.30. The lowest BCUT2D eigenvalue weighted by Gasteiger charge is -2.40. The zero-order valence-electron chi connectivity index (χ0n) is 12.4. The van der Waals surface area contributed by atoms with Gasteiger partial charge < -0.3 is 9.80 Å². The van der Waals surface area contributed by atoms with Crippen LogP contribution in [0.3, 0.4) is 0 Å². The predicted octanol–water partition coefficient (Wildman–Crippen LogP) is 0.813. The number of piperidine rings is 1. The number of hydrazine groups is 1. The Morgan fingerprint density at radius 2 is 1.50 bits per heavy atom. The number of hydrogen-bond donors (Lipinski definition) is 0. The van der Waals surface area contributed by atoms with Crippen molar-refractivity contribution >= 4 is 0 Å². The van der Waals surface area contributed by atoms with Crippen molar-refractivity contribution in [3.8, 4) is 0 Å². The van der Waals surface area contributed by atoms with Crippen molar-refractivity contribution in [2.75, 3.05) is 66.5 Å². The number of nitrogens with zero attached hydrogens (tertiary/aromatic N) is 4. The van der Waals surface area contributed by atoms with Gasteiger partial charge in [-0.25, -0.2) is 10.0 Å². The zero-order valence-corrected chi connectivity index (χ0v) is 12.4. The fourth-order valence-electron chi connectivity index (χ4n) is 3.17. The van der Waals surface area contributed by atoms with Crippen LogP contribution in [0.2, 0.25) is 0 Å². The Kier molecular flexibility index (Phi) is 5.42. The summed E-state index contributed by atoms with van der Waals surface area (Å²) < 4.78 is 0. The maximum atomic E-state index is 2.67. The third-order valence-corrected chi connectivity index (χ3v) is 4.59. The SMILES string of the molecule is CCN1CCC(CN2CCN(N(C)C)CC2)CC1. The van der Waals surface area contributed by atoms with Crippen molar-refractivity contribution in [2.24, 2.45) is 5.92 Å². The van der Waals surface area contributed by atoms with E-state index in [2.05, 4.69) is 40.8 Å². The highest BCUT2D eigenvalue weighted by molar-refractivity contribution is 4.77. The van der Waals surface area contributed by atoms with Gasteiger partial charge in [-0.3, -0.25) is 0 Å². The second-order valence-corrected chi connectivity index (χ2v) is 5.98. The Morgan fingerprint density at radius 1 is 0.889 bits per heavy atom. The molecule has 0 bridgehead atoms. The van der Waals surface area contributed by atoms with Gasteiger partial charge in [-0.2, -0.15) is 0 Å². The van der Waals surface area contributed by atoms with E-state index >= 15 is 0 Å². The number of rotatable bonds is 4.